The van der Waals surface area contributed by atoms with Crippen molar-refractivity contribution in [1.82, 2.24) is 14.6 Å². The first-order valence-corrected chi connectivity index (χ1v) is 12.8. The molecule has 0 aliphatic rings. The molecule has 0 atom stereocenters. The fraction of sp³-hybridized carbons (Fsp3) is 0.222. The number of nitrogens with zero attached hydrogens (tertiary/aromatic N) is 4. The molecule has 0 N–H and O–H groups in total. The van der Waals surface area contributed by atoms with Crippen molar-refractivity contribution < 1.29 is 14.1 Å². The molecule has 3 heterocycles. The maximum Gasteiger partial charge on any atom is 0.291 e. The van der Waals surface area contributed by atoms with Gasteiger partial charge >= 0.3 is 0 Å². The van der Waals surface area contributed by atoms with E-state index in [4.69, 9.17) is 9.15 Å². The quantitative estimate of drug-likeness (QED) is 0.137. The van der Waals surface area contributed by atoms with Crippen molar-refractivity contribution >= 4 is 28.1 Å². The van der Waals surface area contributed by atoms with E-state index in [1.807, 2.05) is 24.3 Å². The molecule has 0 fully saturated rings. The van der Waals surface area contributed by atoms with Gasteiger partial charge in [-0.3, -0.25) is 14.9 Å². The second-order valence-electron chi connectivity index (χ2n) is 8.49. The number of fused-ring (bicyclic) bond motifs is 1. The minimum Gasteiger partial charge on any atom is -0.494 e. The van der Waals surface area contributed by atoms with Crippen LogP contribution in [0, 0.1) is 10.1 Å². The summed E-state index contributed by atoms with van der Waals surface area (Å²) in [5.41, 5.74) is 1.06. The van der Waals surface area contributed by atoms with E-state index in [2.05, 4.69) is 17.0 Å². The van der Waals surface area contributed by atoms with E-state index < -0.39 is 4.92 Å². The molecule has 2 aromatic carbocycles. The predicted octanol–water partition coefficient (Wildman–Crippen LogP) is 5.49. The van der Waals surface area contributed by atoms with E-state index in [0.29, 0.717) is 39.0 Å². The summed E-state index contributed by atoms with van der Waals surface area (Å²) in [6.45, 7) is 2.88. The predicted molar refractivity (Wildman–Crippen MR) is 142 cm³/mol. The maximum atomic E-state index is 12.9. The number of furan rings is 1. The standard InChI is InChI=1S/C27H24N4O5S/c1-2-3-4-5-15-35-21-11-9-18(10-12-21)25-28-27-30(29-25)26(32)24(37-27)17-22-13-14-23(36-22)19-7-6-8-20(16-19)31(33)34/h6-14,16-17H,2-5,15H2,1H3. The van der Waals surface area contributed by atoms with Crippen molar-refractivity contribution in [2.75, 3.05) is 6.61 Å². The lowest BCUT2D eigenvalue weighted by molar-refractivity contribution is -0.384. The largest absolute Gasteiger partial charge is 0.494 e. The molecule has 0 aliphatic heterocycles. The van der Waals surface area contributed by atoms with Crippen LogP contribution in [0.4, 0.5) is 5.69 Å². The van der Waals surface area contributed by atoms with Crippen LogP contribution in [0.2, 0.25) is 0 Å². The van der Waals surface area contributed by atoms with Crippen molar-refractivity contribution in [2.24, 2.45) is 0 Å². The van der Waals surface area contributed by atoms with Crippen LogP contribution in [0.1, 0.15) is 38.4 Å². The highest BCUT2D eigenvalue weighted by Gasteiger charge is 2.14. The van der Waals surface area contributed by atoms with Gasteiger partial charge in [0.15, 0.2) is 5.82 Å². The number of rotatable bonds is 10. The molecule has 188 valence electrons. The molecule has 0 amide bonds. The number of thiazole rings is 1. The first kappa shape index (κ1) is 24.4. The summed E-state index contributed by atoms with van der Waals surface area (Å²) in [5.74, 6) is 2.19. The lowest BCUT2D eigenvalue weighted by Crippen LogP contribution is -2.23. The summed E-state index contributed by atoms with van der Waals surface area (Å²) in [7, 11) is 0. The fourth-order valence-electron chi connectivity index (χ4n) is 3.86. The monoisotopic (exact) mass is 516 g/mol. The smallest absolute Gasteiger partial charge is 0.291 e. The van der Waals surface area contributed by atoms with Crippen LogP contribution in [0.3, 0.4) is 0 Å². The van der Waals surface area contributed by atoms with Crippen LogP contribution in [-0.2, 0) is 0 Å². The first-order valence-electron chi connectivity index (χ1n) is 12.0. The Hall–Kier alpha value is -4.31. The van der Waals surface area contributed by atoms with Crippen molar-refractivity contribution in [2.45, 2.75) is 32.6 Å². The summed E-state index contributed by atoms with van der Waals surface area (Å²) in [4.78, 5) is 28.5. The lowest BCUT2D eigenvalue weighted by atomic mass is 10.1. The highest BCUT2D eigenvalue weighted by Crippen LogP contribution is 2.26. The summed E-state index contributed by atoms with van der Waals surface area (Å²) >= 11 is 1.21. The third-order valence-electron chi connectivity index (χ3n) is 5.80. The molecule has 0 aliphatic carbocycles. The Balaban J connectivity index is 1.33. The Morgan fingerprint density at radius 1 is 1.08 bits per heavy atom. The van der Waals surface area contributed by atoms with E-state index in [-0.39, 0.29) is 11.2 Å². The topological polar surface area (TPSA) is 113 Å². The van der Waals surface area contributed by atoms with Crippen molar-refractivity contribution in [3.8, 4) is 28.5 Å². The van der Waals surface area contributed by atoms with Gasteiger partial charge in [-0.2, -0.15) is 9.50 Å². The number of aromatic nitrogens is 3. The second-order valence-corrected chi connectivity index (χ2v) is 9.50. The number of nitro benzene ring substituents is 1. The van der Waals surface area contributed by atoms with Crippen molar-refractivity contribution in [1.29, 1.82) is 0 Å². The molecule has 0 saturated carbocycles. The first-order chi connectivity index (χ1) is 18.0. The van der Waals surface area contributed by atoms with Crippen molar-refractivity contribution in [3.05, 3.63) is 91.4 Å². The van der Waals surface area contributed by atoms with Gasteiger partial charge in [-0.05, 0) is 42.8 Å². The Morgan fingerprint density at radius 2 is 1.92 bits per heavy atom. The number of benzene rings is 2. The van der Waals surface area contributed by atoms with Gasteiger partial charge in [0, 0.05) is 29.3 Å². The third-order valence-corrected chi connectivity index (χ3v) is 6.76. The summed E-state index contributed by atoms with van der Waals surface area (Å²) in [6, 6.07) is 17.2. The molecule has 37 heavy (non-hydrogen) atoms. The molecule has 5 rings (SSSR count). The molecule has 0 unspecified atom stereocenters. The normalized spacial score (nSPS) is 11.9. The molecule has 9 nitrogen and oxygen atoms in total. The zero-order valence-corrected chi connectivity index (χ0v) is 20.9. The van der Waals surface area contributed by atoms with E-state index in [9.17, 15) is 14.9 Å². The van der Waals surface area contributed by atoms with Crippen LogP contribution < -0.4 is 14.8 Å². The minimum absolute atomic E-state index is 0.0211. The lowest BCUT2D eigenvalue weighted by Gasteiger charge is -2.06. The zero-order chi connectivity index (χ0) is 25.8. The van der Waals surface area contributed by atoms with Gasteiger partial charge in [-0.15, -0.1) is 5.10 Å². The summed E-state index contributed by atoms with van der Waals surface area (Å²) in [5, 5.41) is 15.4. The van der Waals surface area contributed by atoms with Crippen LogP contribution in [-0.4, -0.2) is 26.1 Å². The SMILES string of the molecule is CCCCCCOc1ccc(-c2nc3sc(=Cc4ccc(-c5cccc([N+](=O)[O-])c5)o4)c(=O)n3n2)cc1. The van der Waals surface area contributed by atoms with Gasteiger partial charge < -0.3 is 9.15 Å². The molecule has 5 aromatic rings. The summed E-state index contributed by atoms with van der Waals surface area (Å²) < 4.78 is 13.3. The number of non-ortho nitro benzene ring substituents is 1. The second kappa shape index (κ2) is 10.8. The van der Waals surface area contributed by atoms with E-state index in [1.54, 1.807) is 30.3 Å². The van der Waals surface area contributed by atoms with Crippen molar-refractivity contribution in [3.63, 3.8) is 0 Å². The van der Waals surface area contributed by atoms with Crippen LogP contribution in [0.15, 0.2) is 69.9 Å². The molecule has 0 saturated heterocycles. The zero-order valence-electron chi connectivity index (χ0n) is 20.1. The minimum atomic E-state index is -0.455. The number of hydrogen-bond acceptors (Lipinski definition) is 8. The maximum absolute atomic E-state index is 12.9. The van der Waals surface area contributed by atoms with Crippen LogP contribution in [0.25, 0.3) is 33.7 Å². The Morgan fingerprint density at radius 3 is 2.68 bits per heavy atom. The highest BCUT2D eigenvalue weighted by atomic mass is 32.1. The number of ether oxygens (including phenoxy) is 1. The fourth-order valence-corrected chi connectivity index (χ4v) is 4.75. The average molecular weight is 517 g/mol. The average Bonchev–Trinajstić information content (AvgIpc) is 3.62. The number of nitro groups is 1. The molecule has 0 bridgehead atoms. The Kier molecular flexibility index (Phi) is 7.09. The van der Waals surface area contributed by atoms with Gasteiger partial charge in [0.1, 0.15) is 21.8 Å². The molecule has 0 radical (unpaired) electrons. The van der Waals surface area contributed by atoms with Gasteiger partial charge in [0.25, 0.3) is 11.2 Å². The number of unbranched alkanes of at least 4 members (excludes halogenated alkanes) is 3. The number of hydrogen-bond donors (Lipinski definition) is 0. The Bertz CT molecular complexity index is 1650. The van der Waals surface area contributed by atoms with Crippen LogP contribution >= 0.6 is 11.3 Å². The Labute approximate surface area is 215 Å². The van der Waals surface area contributed by atoms with E-state index in [0.717, 1.165) is 17.7 Å². The highest BCUT2D eigenvalue weighted by molar-refractivity contribution is 7.15. The third kappa shape index (κ3) is 5.44. The van der Waals surface area contributed by atoms with Gasteiger partial charge in [0.2, 0.25) is 4.96 Å². The summed E-state index contributed by atoms with van der Waals surface area (Å²) in [6.07, 6.45) is 6.24. The van der Waals surface area contributed by atoms with E-state index >= 15 is 0 Å². The molecule has 10 heteroatoms. The molecular weight excluding hydrogens is 492 g/mol. The van der Waals surface area contributed by atoms with E-state index in [1.165, 1.54) is 47.2 Å². The van der Waals surface area contributed by atoms with Crippen LogP contribution in [0.5, 0.6) is 5.75 Å². The van der Waals surface area contributed by atoms with Gasteiger partial charge in [0.05, 0.1) is 11.5 Å². The van der Waals surface area contributed by atoms with Gasteiger partial charge in [-0.25, -0.2) is 0 Å². The molecular formula is C27H24N4O5S. The molecule has 0 spiro atoms. The molecule has 3 aromatic heterocycles. The van der Waals surface area contributed by atoms with Gasteiger partial charge in [-0.1, -0.05) is 49.7 Å².